The molecule has 162 valence electrons. The van der Waals surface area contributed by atoms with Crippen molar-refractivity contribution in [3.63, 3.8) is 0 Å². The molecule has 1 fully saturated rings. The highest BCUT2D eigenvalue weighted by Gasteiger charge is 2.31. The van der Waals surface area contributed by atoms with E-state index in [0.29, 0.717) is 35.0 Å². The minimum atomic E-state index is -0.470. The Morgan fingerprint density at radius 2 is 2.00 bits per heavy atom. The van der Waals surface area contributed by atoms with E-state index in [9.17, 15) is 9.90 Å². The molecule has 1 aliphatic rings. The van der Waals surface area contributed by atoms with Gasteiger partial charge in [0.15, 0.2) is 0 Å². The molecule has 0 radical (unpaired) electrons. The Labute approximate surface area is 178 Å². The molecular formula is C24H31NO5. The molecule has 1 aliphatic heterocycles. The van der Waals surface area contributed by atoms with E-state index < -0.39 is 5.97 Å². The van der Waals surface area contributed by atoms with Crippen LogP contribution in [0.3, 0.4) is 0 Å². The zero-order valence-corrected chi connectivity index (χ0v) is 17.9. The average molecular weight is 414 g/mol. The highest BCUT2D eigenvalue weighted by Crippen LogP contribution is 2.41. The molecular weight excluding hydrogens is 382 g/mol. The van der Waals surface area contributed by atoms with Gasteiger partial charge in [0.2, 0.25) is 0 Å². The maximum atomic E-state index is 13.1. The van der Waals surface area contributed by atoms with Crippen LogP contribution in [0.25, 0.3) is 0 Å². The van der Waals surface area contributed by atoms with Gasteiger partial charge in [0, 0.05) is 23.2 Å². The van der Waals surface area contributed by atoms with Gasteiger partial charge in [-0.25, -0.2) is 4.79 Å². The van der Waals surface area contributed by atoms with Gasteiger partial charge in [-0.1, -0.05) is 31.5 Å². The van der Waals surface area contributed by atoms with Crippen molar-refractivity contribution in [3.05, 3.63) is 53.1 Å². The first kappa shape index (κ1) is 22.1. The van der Waals surface area contributed by atoms with E-state index in [0.717, 1.165) is 31.2 Å². The summed E-state index contributed by atoms with van der Waals surface area (Å²) < 4.78 is 17.4. The lowest BCUT2D eigenvalue weighted by Gasteiger charge is -2.22. The molecule has 3 rings (SSSR count). The topological polar surface area (TPSA) is 77.0 Å². The molecule has 1 unspecified atom stereocenters. The summed E-state index contributed by atoms with van der Waals surface area (Å²) in [4.78, 5) is 13.1. The first-order chi connectivity index (χ1) is 14.6. The summed E-state index contributed by atoms with van der Waals surface area (Å²) in [7, 11) is 1.61. The van der Waals surface area contributed by atoms with Crippen molar-refractivity contribution in [2.75, 3.05) is 20.3 Å². The van der Waals surface area contributed by atoms with E-state index >= 15 is 0 Å². The first-order valence-corrected chi connectivity index (χ1v) is 10.6. The number of carbonyl (C=O) groups excluding carboxylic acids is 1. The molecule has 30 heavy (non-hydrogen) atoms. The standard InChI is InChI=1S/C24H31NO5/c1-4-5-13-29-21-14-19(20-12-11-17(15-26)25-20)23(28-3)16(2)22(21)24(27)30-18-9-7-6-8-10-18/h6-10,14,17,20,25-26H,4-5,11-13,15H2,1-3H3/t17-,20?/m0/s1. The molecule has 6 nitrogen and oxygen atoms in total. The van der Waals surface area contributed by atoms with Gasteiger partial charge in [0.05, 0.1) is 20.3 Å². The zero-order valence-electron chi connectivity index (χ0n) is 17.9. The molecule has 6 heteroatoms. The van der Waals surface area contributed by atoms with Crippen molar-refractivity contribution in [1.29, 1.82) is 0 Å². The van der Waals surface area contributed by atoms with Crippen molar-refractivity contribution in [2.24, 2.45) is 0 Å². The summed E-state index contributed by atoms with van der Waals surface area (Å²) in [5.74, 6) is 1.16. The molecule has 0 saturated carbocycles. The fourth-order valence-corrected chi connectivity index (χ4v) is 3.87. The monoisotopic (exact) mass is 413 g/mol. The predicted octanol–water partition coefficient (Wildman–Crippen LogP) is 4.19. The second-order valence-electron chi connectivity index (χ2n) is 7.58. The second kappa shape index (κ2) is 10.5. The van der Waals surface area contributed by atoms with Crippen LogP contribution < -0.4 is 19.5 Å². The van der Waals surface area contributed by atoms with Crippen LogP contribution in [0.4, 0.5) is 0 Å². The number of hydrogen-bond acceptors (Lipinski definition) is 6. The van der Waals surface area contributed by atoms with Gasteiger partial charge in [-0.2, -0.15) is 0 Å². The van der Waals surface area contributed by atoms with Gasteiger partial charge in [0.1, 0.15) is 22.8 Å². The van der Waals surface area contributed by atoms with Crippen molar-refractivity contribution in [2.45, 2.75) is 51.6 Å². The maximum absolute atomic E-state index is 13.1. The van der Waals surface area contributed by atoms with E-state index in [1.165, 1.54) is 0 Å². The molecule has 2 aromatic rings. The Morgan fingerprint density at radius 3 is 2.63 bits per heavy atom. The number of benzene rings is 2. The molecule has 0 spiro atoms. The van der Waals surface area contributed by atoms with Crippen molar-refractivity contribution in [1.82, 2.24) is 5.32 Å². The van der Waals surface area contributed by atoms with Crippen LogP contribution in [0.2, 0.25) is 0 Å². The number of esters is 1. The number of methoxy groups -OCH3 is 1. The van der Waals surface area contributed by atoms with Gasteiger partial charge in [0.25, 0.3) is 0 Å². The molecule has 0 aliphatic carbocycles. The Hall–Kier alpha value is -2.57. The van der Waals surface area contributed by atoms with E-state index in [4.69, 9.17) is 14.2 Å². The maximum Gasteiger partial charge on any atom is 0.347 e. The second-order valence-corrected chi connectivity index (χ2v) is 7.58. The Balaban J connectivity index is 2.00. The number of aliphatic hydroxyl groups is 1. The van der Waals surface area contributed by atoms with Crippen LogP contribution in [-0.4, -0.2) is 37.4 Å². The molecule has 2 N–H and O–H groups in total. The summed E-state index contributed by atoms with van der Waals surface area (Å²) >= 11 is 0. The lowest BCUT2D eigenvalue weighted by atomic mass is 9.96. The Kier molecular flexibility index (Phi) is 7.71. The predicted molar refractivity (Wildman–Crippen MR) is 116 cm³/mol. The normalized spacial score (nSPS) is 18.3. The fourth-order valence-electron chi connectivity index (χ4n) is 3.87. The third-order valence-electron chi connectivity index (χ3n) is 5.46. The average Bonchev–Trinajstić information content (AvgIpc) is 3.23. The number of rotatable bonds is 9. The van der Waals surface area contributed by atoms with Gasteiger partial charge in [-0.3, -0.25) is 0 Å². The van der Waals surface area contributed by atoms with Crippen LogP contribution in [0.15, 0.2) is 36.4 Å². The largest absolute Gasteiger partial charge is 0.496 e. The van der Waals surface area contributed by atoms with Gasteiger partial charge in [-0.15, -0.1) is 0 Å². The van der Waals surface area contributed by atoms with Crippen LogP contribution >= 0.6 is 0 Å². The molecule has 0 amide bonds. The number of ether oxygens (including phenoxy) is 3. The number of aliphatic hydroxyl groups excluding tert-OH is 1. The van der Waals surface area contributed by atoms with E-state index in [-0.39, 0.29) is 18.7 Å². The van der Waals surface area contributed by atoms with Crippen LogP contribution in [-0.2, 0) is 0 Å². The van der Waals surface area contributed by atoms with Crippen LogP contribution in [0.1, 0.15) is 60.1 Å². The highest BCUT2D eigenvalue weighted by molar-refractivity contribution is 5.96. The third-order valence-corrected chi connectivity index (χ3v) is 5.46. The summed E-state index contributed by atoms with van der Waals surface area (Å²) in [6, 6.07) is 11.0. The molecule has 1 heterocycles. The van der Waals surface area contributed by atoms with Gasteiger partial charge >= 0.3 is 5.97 Å². The smallest absolute Gasteiger partial charge is 0.347 e. The number of unbranched alkanes of at least 4 members (excludes halogenated alkanes) is 1. The quantitative estimate of drug-likeness (QED) is 0.365. The van der Waals surface area contributed by atoms with Gasteiger partial charge in [-0.05, 0) is 44.4 Å². The molecule has 2 aromatic carbocycles. The summed E-state index contributed by atoms with van der Waals surface area (Å²) in [6.45, 7) is 4.56. The van der Waals surface area contributed by atoms with Crippen LogP contribution in [0, 0.1) is 6.92 Å². The summed E-state index contributed by atoms with van der Waals surface area (Å²) in [5, 5.41) is 12.9. The highest BCUT2D eigenvalue weighted by atomic mass is 16.5. The molecule has 0 aromatic heterocycles. The Morgan fingerprint density at radius 1 is 1.23 bits per heavy atom. The van der Waals surface area contributed by atoms with Crippen LogP contribution in [0.5, 0.6) is 17.2 Å². The first-order valence-electron chi connectivity index (χ1n) is 10.6. The molecule has 0 bridgehead atoms. The summed E-state index contributed by atoms with van der Waals surface area (Å²) in [6.07, 6.45) is 3.65. The van der Waals surface area contributed by atoms with E-state index in [2.05, 4.69) is 12.2 Å². The minimum absolute atomic E-state index is 0.0310. The lowest BCUT2D eigenvalue weighted by molar-refractivity contribution is 0.0728. The van der Waals surface area contributed by atoms with Crippen molar-refractivity contribution in [3.8, 4) is 17.2 Å². The summed E-state index contributed by atoms with van der Waals surface area (Å²) in [5.41, 5.74) is 2.01. The number of para-hydroxylation sites is 1. The van der Waals surface area contributed by atoms with E-state index in [1.807, 2.05) is 31.2 Å². The van der Waals surface area contributed by atoms with Gasteiger partial charge < -0.3 is 24.6 Å². The zero-order chi connectivity index (χ0) is 21.5. The lowest BCUT2D eigenvalue weighted by Crippen LogP contribution is -2.27. The fraction of sp³-hybridized carbons (Fsp3) is 0.458. The van der Waals surface area contributed by atoms with Crippen molar-refractivity contribution < 1.29 is 24.1 Å². The van der Waals surface area contributed by atoms with Crippen molar-refractivity contribution >= 4 is 5.97 Å². The molecule has 1 saturated heterocycles. The number of carbonyl (C=O) groups is 1. The third kappa shape index (κ3) is 4.94. The number of hydrogen-bond donors (Lipinski definition) is 2. The Bertz CT molecular complexity index is 852. The molecule has 2 atom stereocenters. The number of nitrogens with one attached hydrogen (secondary N) is 1. The SMILES string of the molecule is CCCCOc1cc(C2CC[C@@H](CO)N2)c(OC)c(C)c1C(=O)Oc1ccccc1. The van der Waals surface area contributed by atoms with E-state index in [1.54, 1.807) is 19.2 Å². The minimum Gasteiger partial charge on any atom is -0.496 e.